The number of aryl methyl sites for hydroxylation is 1. The smallest absolute Gasteiger partial charge is 0.123 e. The molecule has 0 saturated heterocycles. The molecular weight excluding hydrogens is 198 g/mol. The highest BCUT2D eigenvalue weighted by molar-refractivity contribution is 5.18. The third kappa shape index (κ3) is 2.67. The predicted molar refractivity (Wildman–Crippen MR) is 68.6 cm³/mol. The zero-order chi connectivity index (χ0) is 12.2. The van der Waals surface area contributed by atoms with Crippen LogP contribution < -0.4 is 5.32 Å². The summed E-state index contributed by atoms with van der Waals surface area (Å²) in [6.07, 6.45) is 5.24. The van der Waals surface area contributed by atoms with E-state index in [9.17, 15) is 0 Å². The molecule has 0 aromatic carbocycles. The zero-order valence-electron chi connectivity index (χ0n) is 11.3. The van der Waals surface area contributed by atoms with Crippen molar-refractivity contribution in [2.45, 2.75) is 65.5 Å². The Labute approximate surface area is 99.4 Å². The summed E-state index contributed by atoms with van der Waals surface area (Å²) >= 11 is 0. The summed E-state index contributed by atoms with van der Waals surface area (Å²) in [5.74, 6) is 1.07. The van der Waals surface area contributed by atoms with E-state index in [1.807, 2.05) is 6.07 Å². The van der Waals surface area contributed by atoms with Crippen LogP contribution >= 0.6 is 0 Å². The van der Waals surface area contributed by atoms with Gasteiger partial charge in [-0.2, -0.15) is 0 Å². The van der Waals surface area contributed by atoms with Crippen molar-refractivity contribution in [2.75, 3.05) is 0 Å². The van der Waals surface area contributed by atoms with Crippen molar-refractivity contribution < 1.29 is 4.42 Å². The molecule has 0 bridgehead atoms. The topological polar surface area (TPSA) is 25.2 Å². The quantitative estimate of drug-likeness (QED) is 0.781. The first-order chi connectivity index (χ1) is 7.58. The summed E-state index contributed by atoms with van der Waals surface area (Å²) in [5.41, 5.74) is 1.48. The molecular formula is C14H25NO. The summed E-state index contributed by atoms with van der Waals surface area (Å²) in [4.78, 5) is 0. The number of furan rings is 1. The van der Waals surface area contributed by atoms with Crippen molar-refractivity contribution in [3.8, 4) is 0 Å². The minimum atomic E-state index is 0.249. The van der Waals surface area contributed by atoms with Gasteiger partial charge in [-0.1, -0.05) is 20.8 Å². The normalized spacial score (nSPS) is 14.1. The molecule has 2 heteroatoms. The summed E-state index contributed by atoms with van der Waals surface area (Å²) in [5, 5.41) is 3.73. The summed E-state index contributed by atoms with van der Waals surface area (Å²) in [6, 6.07) is 2.31. The second-order valence-electron chi connectivity index (χ2n) is 4.67. The predicted octanol–water partition coefficient (Wildman–Crippen LogP) is 4.21. The van der Waals surface area contributed by atoms with Crippen molar-refractivity contribution in [3.05, 3.63) is 23.7 Å². The molecule has 0 saturated carbocycles. The monoisotopic (exact) mass is 223 g/mol. The maximum Gasteiger partial charge on any atom is 0.123 e. The molecule has 0 aliphatic rings. The Morgan fingerprint density at radius 1 is 1.25 bits per heavy atom. The Balaban J connectivity index is 2.76. The fraction of sp³-hybridized carbons (Fsp3) is 0.714. The van der Waals surface area contributed by atoms with Crippen LogP contribution in [0.15, 0.2) is 16.7 Å². The lowest BCUT2D eigenvalue weighted by Gasteiger charge is -2.34. The summed E-state index contributed by atoms with van der Waals surface area (Å²) in [6.45, 7) is 11.0. The Morgan fingerprint density at radius 2 is 1.81 bits per heavy atom. The van der Waals surface area contributed by atoms with E-state index in [2.05, 4.69) is 39.9 Å². The zero-order valence-corrected chi connectivity index (χ0v) is 11.3. The fourth-order valence-corrected chi connectivity index (χ4v) is 2.41. The molecule has 1 aromatic heterocycles. The minimum absolute atomic E-state index is 0.249. The maximum atomic E-state index is 5.54. The average molecular weight is 223 g/mol. The molecule has 0 aliphatic carbocycles. The van der Waals surface area contributed by atoms with Gasteiger partial charge in [0.15, 0.2) is 0 Å². The van der Waals surface area contributed by atoms with Crippen molar-refractivity contribution in [3.63, 3.8) is 0 Å². The molecule has 1 unspecified atom stereocenters. The molecule has 16 heavy (non-hydrogen) atoms. The van der Waals surface area contributed by atoms with Gasteiger partial charge in [-0.25, -0.2) is 0 Å². The molecule has 0 amide bonds. The third-order valence-electron chi connectivity index (χ3n) is 3.85. The van der Waals surface area contributed by atoms with Gasteiger partial charge >= 0.3 is 0 Å². The first kappa shape index (κ1) is 13.3. The molecule has 0 fully saturated rings. The lowest BCUT2D eigenvalue weighted by atomic mass is 9.88. The summed E-state index contributed by atoms with van der Waals surface area (Å²) < 4.78 is 5.54. The Bertz CT molecular complexity index is 304. The molecule has 1 aromatic rings. The van der Waals surface area contributed by atoms with Gasteiger partial charge in [-0.3, -0.25) is 0 Å². The van der Waals surface area contributed by atoms with Crippen LogP contribution in [0.5, 0.6) is 0 Å². The number of rotatable bonds is 6. The molecule has 0 spiro atoms. The van der Waals surface area contributed by atoms with Crippen LogP contribution in [0.1, 0.15) is 64.3 Å². The second kappa shape index (κ2) is 5.53. The van der Waals surface area contributed by atoms with Gasteiger partial charge in [0.1, 0.15) is 5.76 Å². The Hall–Kier alpha value is -0.760. The van der Waals surface area contributed by atoms with Gasteiger partial charge in [0, 0.05) is 5.54 Å². The van der Waals surface area contributed by atoms with E-state index in [1.165, 1.54) is 5.56 Å². The highest BCUT2D eigenvalue weighted by Gasteiger charge is 2.27. The van der Waals surface area contributed by atoms with Crippen LogP contribution in [0.4, 0.5) is 0 Å². The molecule has 92 valence electrons. The van der Waals surface area contributed by atoms with E-state index in [1.54, 1.807) is 6.26 Å². The van der Waals surface area contributed by atoms with Crippen LogP contribution in [0.25, 0.3) is 0 Å². The van der Waals surface area contributed by atoms with Gasteiger partial charge in [0.05, 0.1) is 12.3 Å². The Morgan fingerprint density at radius 3 is 2.19 bits per heavy atom. The molecule has 1 N–H and O–H groups in total. The highest BCUT2D eigenvalue weighted by Crippen LogP contribution is 2.26. The van der Waals surface area contributed by atoms with Crippen molar-refractivity contribution in [1.82, 2.24) is 5.32 Å². The minimum Gasteiger partial charge on any atom is -0.467 e. The lowest BCUT2D eigenvalue weighted by Crippen LogP contribution is -2.44. The van der Waals surface area contributed by atoms with E-state index < -0.39 is 0 Å². The lowest BCUT2D eigenvalue weighted by molar-refractivity contribution is 0.247. The second-order valence-corrected chi connectivity index (χ2v) is 4.67. The van der Waals surface area contributed by atoms with E-state index in [4.69, 9.17) is 4.42 Å². The fourth-order valence-electron chi connectivity index (χ4n) is 2.41. The molecule has 2 nitrogen and oxygen atoms in total. The van der Waals surface area contributed by atoms with Crippen molar-refractivity contribution >= 4 is 0 Å². The Kier molecular flexibility index (Phi) is 4.60. The van der Waals surface area contributed by atoms with Gasteiger partial charge < -0.3 is 9.73 Å². The molecule has 0 radical (unpaired) electrons. The van der Waals surface area contributed by atoms with Crippen LogP contribution in [0.2, 0.25) is 0 Å². The number of nitrogens with one attached hydrogen (secondary N) is 1. The SMILES string of the molecule is CCC(CC)(CC)NC(C)c1occc1C. The first-order valence-electron chi connectivity index (χ1n) is 6.40. The number of hydrogen-bond acceptors (Lipinski definition) is 2. The standard InChI is InChI=1S/C14H25NO/c1-6-14(7-2,8-3)15-12(5)13-11(4)9-10-16-13/h9-10,12,15H,6-8H2,1-5H3. The van der Waals surface area contributed by atoms with E-state index in [-0.39, 0.29) is 11.6 Å². The molecule has 1 atom stereocenters. The van der Waals surface area contributed by atoms with Gasteiger partial charge in [-0.05, 0) is 44.7 Å². The van der Waals surface area contributed by atoms with E-state index in [0.717, 1.165) is 25.0 Å². The third-order valence-corrected chi connectivity index (χ3v) is 3.85. The van der Waals surface area contributed by atoms with E-state index >= 15 is 0 Å². The van der Waals surface area contributed by atoms with E-state index in [0.29, 0.717) is 0 Å². The molecule has 1 rings (SSSR count). The van der Waals surface area contributed by atoms with Crippen molar-refractivity contribution in [2.24, 2.45) is 0 Å². The first-order valence-corrected chi connectivity index (χ1v) is 6.40. The molecule has 0 aliphatic heterocycles. The largest absolute Gasteiger partial charge is 0.467 e. The van der Waals surface area contributed by atoms with Gasteiger partial charge in [0.25, 0.3) is 0 Å². The number of hydrogen-bond donors (Lipinski definition) is 1. The van der Waals surface area contributed by atoms with Crippen molar-refractivity contribution in [1.29, 1.82) is 0 Å². The maximum absolute atomic E-state index is 5.54. The highest BCUT2D eigenvalue weighted by atomic mass is 16.3. The van der Waals surface area contributed by atoms with Crippen LogP contribution in [0, 0.1) is 6.92 Å². The summed E-state index contributed by atoms with van der Waals surface area (Å²) in [7, 11) is 0. The van der Waals surface area contributed by atoms with Crippen LogP contribution in [0.3, 0.4) is 0 Å². The molecule has 1 heterocycles. The van der Waals surface area contributed by atoms with Crippen LogP contribution in [-0.2, 0) is 0 Å². The van der Waals surface area contributed by atoms with Crippen LogP contribution in [-0.4, -0.2) is 5.54 Å². The van der Waals surface area contributed by atoms with Gasteiger partial charge in [-0.15, -0.1) is 0 Å². The average Bonchev–Trinajstić information content (AvgIpc) is 2.72. The van der Waals surface area contributed by atoms with Gasteiger partial charge in [0.2, 0.25) is 0 Å².